The van der Waals surface area contributed by atoms with E-state index in [4.69, 9.17) is 4.74 Å². The van der Waals surface area contributed by atoms with Crippen LogP contribution in [-0.2, 0) is 0 Å². The Morgan fingerprint density at radius 1 is 0.971 bits per heavy atom. The summed E-state index contributed by atoms with van der Waals surface area (Å²) < 4.78 is 6.60. The van der Waals surface area contributed by atoms with Gasteiger partial charge < -0.3 is 14.9 Å². The SMILES string of the molecule is C/C1=C/CC(C)(C)/C=C\C[C@]2(C)Oc3c(C=O)c(O)c(C=O)c(O)c3[C@H](c3ccccc3)[C@@H]2CC1. The summed E-state index contributed by atoms with van der Waals surface area (Å²) in [6.07, 6.45) is 10.7. The minimum absolute atomic E-state index is 0.00772. The van der Waals surface area contributed by atoms with Gasteiger partial charge in [-0.1, -0.05) is 68.0 Å². The third-order valence-electron chi connectivity index (χ3n) is 7.66. The number of aromatic hydroxyl groups is 2. The van der Waals surface area contributed by atoms with Crippen molar-refractivity contribution < 1.29 is 24.5 Å². The maximum absolute atomic E-state index is 12.1. The Hall–Kier alpha value is -3.34. The van der Waals surface area contributed by atoms with E-state index in [1.54, 1.807) is 0 Å². The molecule has 0 fully saturated rings. The Morgan fingerprint density at radius 3 is 2.31 bits per heavy atom. The number of phenolic OH excluding ortho intramolecular Hbond substituents is 2. The first-order valence-corrected chi connectivity index (χ1v) is 12.2. The number of hydrogen-bond donors (Lipinski definition) is 2. The first kappa shape index (κ1) is 24.8. The summed E-state index contributed by atoms with van der Waals surface area (Å²) in [5.74, 6) is -1.12. The summed E-state index contributed by atoms with van der Waals surface area (Å²) in [6.45, 7) is 8.60. The number of carbonyl (C=O) groups excluding carboxylic acids is 2. The van der Waals surface area contributed by atoms with Gasteiger partial charge in [-0.05, 0) is 44.1 Å². The van der Waals surface area contributed by atoms with Gasteiger partial charge in [0.2, 0.25) is 0 Å². The van der Waals surface area contributed by atoms with Gasteiger partial charge in [0.05, 0.1) is 11.1 Å². The van der Waals surface area contributed by atoms with Crippen molar-refractivity contribution in [3.05, 3.63) is 76.4 Å². The van der Waals surface area contributed by atoms with Gasteiger partial charge in [-0.2, -0.15) is 0 Å². The summed E-state index contributed by atoms with van der Waals surface area (Å²) in [7, 11) is 0. The molecule has 35 heavy (non-hydrogen) atoms. The first-order valence-electron chi connectivity index (χ1n) is 12.2. The predicted molar refractivity (Wildman–Crippen MR) is 137 cm³/mol. The smallest absolute Gasteiger partial charge is 0.157 e. The Bertz CT molecular complexity index is 1190. The molecule has 0 saturated heterocycles. The topological polar surface area (TPSA) is 83.8 Å². The molecule has 2 aliphatic rings. The third kappa shape index (κ3) is 4.52. The van der Waals surface area contributed by atoms with Gasteiger partial charge in [-0.15, -0.1) is 0 Å². The van der Waals surface area contributed by atoms with Crippen LogP contribution in [0.4, 0.5) is 0 Å². The normalized spacial score (nSPS) is 28.2. The van der Waals surface area contributed by atoms with E-state index in [1.165, 1.54) is 5.57 Å². The first-order chi connectivity index (χ1) is 16.6. The second-order valence-electron chi connectivity index (χ2n) is 10.8. The molecule has 3 atom stereocenters. The fourth-order valence-electron chi connectivity index (χ4n) is 5.57. The Balaban J connectivity index is 2.01. The lowest BCUT2D eigenvalue weighted by atomic mass is 9.66. The van der Waals surface area contributed by atoms with Crippen molar-refractivity contribution in [2.45, 2.75) is 64.9 Å². The second kappa shape index (κ2) is 9.37. The molecule has 5 nitrogen and oxygen atoms in total. The van der Waals surface area contributed by atoms with Gasteiger partial charge in [-0.3, -0.25) is 9.59 Å². The number of allylic oxidation sites excluding steroid dienone is 3. The predicted octanol–water partition coefficient (Wildman–Crippen LogP) is 6.72. The molecule has 0 aromatic heterocycles. The molecule has 2 N–H and O–H groups in total. The van der Waals surface area contributed by atoms with Crippen molar-refractivity contribution in [1.82, 2.24) is 0 Å². The van der Waals surface area contributed by atoms with Crippen LogP contribution in [0.3, 0.4) is 0 Å². The Kier molecular flexibility index (Phi) is 6.63. The van der Waals surface area contributed by atoms with Crippen LogP contribution in [0, 0.1) is 11.3 Å². The fourth-order valence-corrected chi connectivity index (χ4v) is 5.57. The number of phenols is 2. The average molecular weight is 475 g/mol. The number of rotatable bonds is 3. The maximum atomic E-state index is 12.1. The van der Waals surface area contributed by atoms with E-state index in [0.717, 1.165) is 24.8 Å². The monoisotopic (exact) mass is 474 g/mol. The summed E-state index contributed by atoms with van der Waals surface area (Å²) in [5, 5.41) is 21.9. The third-order valence-corrected chi connectivity index (χ3v) is 7.66. The van der Waals surface area contributed by atoms with Gasteiger partial charge in [0.1, 0.15) is 22.8 Å². The number of hydrogen-bond acceptors (Lipinski definition) is 5. The second-order valence-corrected chi connectivity index (χ2v) is 10.8. The van der Waals surface area contributed by atoms with E-state index in [1.807, 2.05) is 37.3 Å². The van der Waals surface area contributed by atoms with Crippen LogP contribution in [-0.4, -0.2) is 28.4 Å². The molecular formula is C30H34O5. The van der Waals surface area contributed by atoms with Crippen molar-refractivity contribution in [2.75, 3.05) is 0 Å². The molecule has 0 spiro atoms. The molecule has 0 unspecified atom stereocenters. The molecular weight excluding hydrogens is 440 g/mol. The molecule has 0 radical (unpaired) electrons. The summed E-state index contributed by atoms with van der Waals surface area (Å²) in [6, 6.07) is 9.82. The van der Waals surface area contributed by atoms with Crippen molar-refractivity contribution in [3.8, 4) is 17.2 Å². The van der Waals surface area contributed by atoms with Crippen molar-refractivity contribution >= 4 is 12.6 Å². The zero-order valence-electron chi connectivity index (χ0n) is 20.9. The van der Waals surface area contributed by atoms with Gasteiger partial charge in [0.25, 0.3) is 0 Å². The maximum Gasteiger partial charge on any atom is 0.157 e. The summed E-state index contributed by atoms with van der Waals surface area (Å²) in [4.78, 5) is 23.9. The van der Waals surface area contributed by atoms with Crippen LogP contribution < -0.4 is 4.74 Å². The highest BCUT2D eigenvalue weighted by Gasteiger charge is 2.49. The highest BCUT2D eigenvalue weighted by Crippen LogP contribution is 2.57. The number of carbonyl (C=O) groups is 2. The van der Waals surface area contributed by atoms with Crippen LogP contribution in [0.2, 0.25) is 0 Å². The number of aldehydes is 2. The van der Waals surface area contributed by atoms with Crippen LogP contribution in [0.5, 0.6) is 17.2 Å². The average Bonchev–Trinajstić information content (AvgIpc) is 2.83. The minimum Gasteiger partial charge on any atom is -0.507 e. The van der Waals surface area contributed by atoms with E-state index in [0.29, 0.717) is 24.6 Å². The molecule has 2 aromatic carbocycles. The highest BCUT2D eigenvalue weighted by atomic mass is 16.5. The lowest BCUT2D eigenvalue weighted by Crippen LogP contribution is -2.47. The Morgan fingerprint density at radius 2 is 1.66 bits per heavy atom. The molecule has 5 heteroatoms. The van der Waals surface area contributed by atoms with E-state index in [2.05, 4.69) is 39.0 Å². The van der Waals surface area contributed by atoms with Crippen LogP contribution in [0.1, 0.15) is 91.1 Å². The number of benzene rings is 2. The molecule has 0 bridgehead atoms. The molecule has 0 saturated carbocycles. The van der Waals surface area contributed by atoms with Crippen molar-refractivity contribution in [1.29, 1.82) is 0 Å². The molecule has 1 heterocycles. The molecule has 4 rings (SSSR count). The largest absolute Gasteiger partial charge is 0.507 e. The minimum atomic E-state index is -0.718. The van der Waals surface area contributed by atoms with Crippen LogP contribution in [0.25, 0.3) is 0 Å². The lowest BCUT2D eigenvalue weighted by Gasteiger charge is -2.48. The zero-order chi connectivity index (χ0) is 25.4. The van der Waals surface area contributed by atoms with E-state index < -0.39 is 11.4 Å². The van der Waals surface area contributed by atoms with Gasteiger partial charge >= 0.3 is 0 Å². The van der Waals surface area contributed by atoms with E-state index in [9.17, 15) is 19.8 Å². The van der Waals surface area contributed by atoms with Crippen LogP contribution >= 0.6 is 0 Å². The van der Waals surface area contributed by atoms with Crippen LogP contribution in [0.15, 0.2) is 54.1 Å². The van der Waals surface area contributed by atoms with E-state index in [-0.39, 0.29) is 39.9 Å². The van der Waals surface area contributed by atoms with Gasteiger partial charge in [0, 0.05) is 23.8 Å². The summed E-state index contributed by atoms with van der Waals surface area (Å²) in [5.41, 5.74) is 1.54. The zero-order valence-corrected chi connectivity index (χ0v) is 20.9. The number of ether oxygens (including phenoxy) is 1. The standard InChI is InChI=1S/C30H34O5/c1-19-11-12-23-24(20-9-6-5-7-10-20)25-27(34)21(17-31)26(33)22(18-32)28(25)35-30(23,4)15-8-14-29(2,3)16-13-19/h5-10,13-14,17-18,23-24,33-34H,11-12,15-16H2,1-4H3/b14-8-,19-13-/t23-,24+,30-/m0/s1. The highest BCUT2D eigenvalue weighted by molar-refractivity contribution is 5.95. The quantitative estimate of drug-likeness (QED) is 0.381. The van der Waals surface area contributed by atoms with Crippen molar-refractivity contribution in [2.24, 2.45) is 11.3 Å². The number of fused-ring (bicyclic) bond motifs is 2. The summed E-state index contributed by atoms with van der Waals surface area (Å²) >= 11 is 0. The van der Waals surface area contributed by atoms with Gasteiger partial charge in [0.15, 0.2) is 12.6 Å². The van der Waals surface area contributed by atoms with Crippen molar-refractivity contribution in [3.63, 3.8) is 0 Å². The molecule has 0 amide bonds. The lowest BCUT2D eigenvalue weighted by molar-refractivity contribution is -0.00275. The fraction of sp³-hybridized carbons (Fsp3) is 0.400. The molecule has 2 aromatic rings. The molecule has 1 aliphatic carbocycles. The molecule has 184 valence electrons. The van der Waals surface area contributed by atoms with Gasteiger partial charge in [-0.25, -0.2) is 0 Å². The van der Waals surface area contributed by atoms with E-state index >= 15 is 0 Å². The molecule has 1 aliphatic heterocycles. The Labute approximate surface area is 207 Å².